The standard InChI is InChI=1S/C17H16N2O/c18-16(20)12-5-4-11-10-15-13-3-1-2-6-17(13,7-8-19-15)14(11)9-12/h1-5,9-10,19H,6-8H2,(H2,18,20). The van der Waals surface area contributed by atoms with Crippen LogP contribution in [0.3, 0.4) is 0 Å². The number of nitrogens with two attached hydrogens (primary N) is 1. The van der Waals surface area contributed by atoms with Gasteiger partial charge >= 0.3 is 0 Å². The number of carbonyl (C=O) groups excluding carboxylic acids is 1. The van der Waals surface area contributed by atoms with E-state index in [4.69, 9.17) is 5.73 Å². The fourth-order valence-corrected chi connectivity index (χ4v) is 3.72. The van der Waals surface area contributed by atoms with Gasteiger partial charge in [0.1, 0.15) is 0 Å². The van der Waals surface area contributed by atoms with E-state index in [1.807, 2.05) is 18.2 Å². The molecule has 1 unspecified atom stereocenters. The molecule has 2 bridgehead atoms. The number of benzene rings is 1. The summed E-state index contributed by atoms with van der Waals surface area (Å²) in [4.78, 5) is 11.5. The first kappa shape index (κ1) is 11.5. The Kier molecular flexibility index (Phi) is 2.22. The van der Waals surface area contributed by atoms with Crippen LogP contribution in [0.4, 0.5) is 0 Å². The van der Waals surface area contributed by atoms with E-state index in [0.29, 0.717) is 5.56 Å². The molecule has 1 amide bonds. The monoisotopic (exact) mass is 264 g/mol. The molecular formula is C17H16N2O. The molecule has 0 aromatic heterocycles. The van der Waals surface area contributed by atoms with Crippen LogP contribution in [0.2, 0.25) is 0 Å². The highest BCUT2D eigenvalue weighted by molar-refractivity contribution is 5.93. The number of rotatable bonds is 1. The van der Waals surface area contributed by atoms with Gasteiger partial charge in [0.05, 0.1) is 0 Å². The highest BCUT2D eigenvalue weighted by Gasteiger charge is 2.43. The molecule has 1 saturated heterocycles. The second-order valence-electron chi connectivity index (χ2n) is 5.70. The van der Waals surface area contributed by atoms with E-state index in [-0.39, 0.29) is 11.3 Å². The summed E-state index contributed by atoms with van der Waals surface area (Å²) in [5, 5.41) is 3.49. The summed E-state index contributed by atoms with van der Waals surface area (Å²) in [5.41, 5.74) is 11.1. The van der Waals surface area contributed by atoms with Crippen LogP contribution in [0, 0.1) is 0 Å². The predicted octanol–water partition coefficient (Wildman–Crippen LogP) is 2.26. The topological polar surface area (TPSA) is 55.1 Å². The first-order chi connectivity index (χ1) is 9.71. The summed E-state index contributed by atoms with van der Waals surface area (Å²) in [7, 11) is 0. The third-order valence-electron chi connectivity index (χ3n) is 4.69. The van der Waals surface area contributed by atoms with E-state index >= 15 is 0 Å². The van der Waals surface area contributed by atoms with Gasteiger partial charge in [-0.1, -0.05) is 24.3 Å². The first-order valence-electron chi connectivity index (χ1n) is 6.98. The molecule has 100 valence electrons. The third-order valence-corrected chi connectivity index (χ3v) is 4.69. The van der Waals surface area contributed by atoms with Gasteiger partial charge in [-0.2, -0.15) is 0 Å². The fraction of sp³-hybridized carbons (Fsp3) is 0.235. The van der Waals surface area contributed by atoms with Crippen molar-refractivity contribution in [3.63, 3.8) is 0 Å². The van der Waals surface area contributed by atoms with Crippen LogP contribution in [0.25, 0.3) is 6.08 Å². The average Bonchev–Trinajstić information content (AvgIpc) is 2.46. The Labute approximate surface area is 117 Å². The van der Waals surface area contributed by atoms with Gasteiger partial charge in [0.25, 0.3) is 0 Å². The molecule has 1 heterocycles. The maximum absolute atomic E-state index is 11.5. The molecule has 3 N–H and O–H groups in total. The van der Waals surface area contributed by atoms with Gasteiger partial charge in [0.2, 0.25) is 5.91 Å². The number of amides is 1. The second kappa shape index (κ2) is 3.85. The second-order valence-corrected chi connectivity index (χ2v) is 5.70. The molecule has 1 aliphatic heterocycles. The van der Waals surface area contributed by atoms with Crippen molar-refractivity contribution in [3.05, 3.63) is 64.4 Å². The molecule has 2 aliphatic carbocycles. The maximum atomic E-state index is 11.5. The Morgan fingerprint density at radius 2 is 2.25 bits per heavy atom. The fourth-order valence-electron chi connectivity index (χ4n) is 3.72. The lowest BCUT2D eigenvalue weighted by molar-refractivity contribution is 0.1000. The molecule has 1 aromatic carbocycles. The number of allylic oxidation sites excluding steroid dienone is 4. The zero-order valence-electron chi connectivity index (χ0n) is 11.1. The van der Waals surface area contributed by atoms with E-state index in [1.54, 1.807) is 0 Å². The van der Waals surface area contributed by atoms with Gasteiger partial charge in [0.15, 0.2) is 0 Å². The van der Waals surface area contributed by atoms with Crippen molar-refractivity contribution in [1.82, 2.24) is 5.32 Å². The van der Waals surface area contributed by atoms with Crippen LogP contribution in [-0.4, -0.2) is 12.5 Å². The van der Waals surface area contributed by atoms with Crippen LogP contribution >= 0.6 is 0 Å². The van der Waals surface area contributed by atoms with Gasteiger partial charge in [-0.15, -0.1) is 0 Å². The molecule has 3 aliphatic rings. The minimum atomic E-state index is -0.357. The molecule has 1 aromatic rings. The molecule has 0 spiro atoms. The van der Waals surface area contributed by atoms with Gasteiger partial charge in [-0.25, -0.2) is 0 Å². The highest BCUT2D eigenvalue weighted by Crippen LogP contribution is 2.50. The van der Waals surface area contributed by atoms with Crippen molar-refractivity contribution in [3.8, 4) is 0 Å². The van der Waals surface area contributed by atoms with Gasteiger partial charge in [-0.05, 0) is 47.8 Å². The summed E-state index contributed by atoms with van der Waals surface area (Å²) in [5.74, 6) is -0.357. The summed E-state index contributed by atoms with van der Waals surface area (Å²) in [6, 6.07) is 5.82. The number of hydrogen-bond acceptors (Lipinski definition) is 2. The Morgan fingerprint density at radius 1 is 1.35 bits per heavy atom. The van der Waals surface area contributed by atoms with E-state index in [9.17, 15) is 4.79 Å². The zero-order valence-corrected chi connectivity index (χ0v) is 11.1. The highest BCUT2D eigenvalue weighted by atomic mass is 16.1. The molecule has 3 heteroatoms. The van der Waals surface area contributed by atoms with Crippen molar-refractivity contribution in [2.45, 2.75) is 18.3 Å². The largest absolute Gasteiger partial charge is 0.385 e. The molecular weight excluding hydrogens is 248 g/mol. The maximum Gasteiger partial charge on any atom is 0.248 e. The minimum absolute atomic E-state index is 0.0187. The van der Waals surface area contributed by atoms with Crippen LogP contribution < -0.4 is 11.1 Å². The van der Waals surface area contributed by atoms with Crippen molar-refractivity contribution in [1.29, 1.82) is 0 Å². The van der Waals surface area contributed by atoms with E-state index < -0.39 is 0 Å². The van der Waals surface area contributed by atoms with E-state index in [0.717, 1.165) is 19.4 Å². The number of piperidine rings is 1. The van der Waals surface area contributed by atoms with E-state index in [1.165, 1.54) is 22.4 Å². The molecule has 0 saturated carbocycles. The Hall–Kier alpha value is -2.29. The molecule has 4 rings (SSSR count). The molecule has 0 radical (unpaired) electrons. The first-order valence-corrected chi connectivity index (χ1v) is 6.98. The molecule has 3 nitrogen and oxygen atoms in total. The number of primary amides is 1. The Balaban J connectivity index is 2.01. The smallest absolute Gasteiger partial charge is 0.248 e. The molecule has 20 heavy (non-hydrogen) atoms. The third kappa shape index (κ3) is 1.38. The molecule has 1 fully saturated rings. The van der Waals surface area contributed by atoms with Crippen LogP contribution in [0.1, 0.15) is 34.3 Å². The summed E-state index contributed by atoms with van der Waals surface area (Å²) in [6.45, 7) is 0.969. The number of fused-ring (bicyclic) bond motifs is 1. The van der Waals surface area contributed by atoms with Gasteiger partial charge < -0.3 is 11.1 Å². The van der Waals surface area contributed by atoms with Crippen molar-refractivity contribution < 1.29 is 4.79 Å². The van der Waals surface area contributed by atoms with E-state index in [2.05, 4.69) is 29.6 Å². The predicted molar refractivity (Wildman–Crippen MR) is 79.1 cm³/mol. The number of carbonyl (C=O) groups is 1. The van der Waals surface area contributed by atoms with Gasteiger partial charge in [0, 0.05) is 23.2 Å². The van der Waals surface area contributed by atoms with Crippen molar-refractivity contribution in [2.24, 2.45) is 5.73 Å². The number of nitrogens with one attached hydrogen (secondary N) is 1. The summed E-state index contributed by atoms with van der Waals surface area (Å²) < 4.78 is 0. The van der Waals surface area contributed by atoms with Crippen molar-refractivity contribution in [2.75, 3.05) is 6.54 Å². The lowest BCUT2D eigenvalue weighted by Crippen LogP contribution is -2.44. The lowest BCUT2D eigenvalue weighted by atomic mass is 9.61. The lowest BCUT2D eigenvalue weighted by Gasteiger charge is -2.46. The van der Waals surface area contributed by atoms with Crippen LogP contribution in [-0.2, 0) is 5.41 Å². The zero-order chi connectivity index (χ0) is 13.7. The van der Waals surface area contributed by atoms with Crippen LogP contribution in [0.15, 0.2) is 47.7 Å². The Bertz CT molecular complexity index is 712. The summed E-state index contributed by atoms with van der Waals surface area (Å²) in [6.07, 6.45) is 10.8. The van der Waals surface area contributed by atoms with Gasteiger partial charge in [-0.3, -0.25) is 4.79 Å². The average molecular weight is 264 g/mol. The Morgan fingerprint density at radius 3 is 3.10 bits per heavy atom. The summed E-state index contributed by atoms with van der Waals surface area (Å²) >= 11 is 0. The number of hydrogen-bond donors (Lipinski definition) is 2. The van der Waals surface area contributed by atoms with Crippen molar-refractivity contribution >= 4 is 12.0 Å². The normalized spacial score (nSPS) is 25.8. The SMILES string of the molecule is NC(=O)c1ccc2c(c1)C13CC=CC=C1C(=C2)NCC3. The quantitative estimate of drug-likeness (QED) is 0.817. The molecule has 1 atom stereocenters. The van der Waals surface area contributed by atoms with Crippen LogP contribution in [0.5, 0.6) is 0 Å². The minimum Gasteiger partial charge on any atom is -0.385 e.